The van der Waals surface area contributed by atoms with Crippen LogP contribution in [0.3, 0.4) is 0 Å². The Balaban J connectivity index is 1.87. The number of nitrogens with zero attached hydrogens (tertiary/aromatic N) is 1. The number of nitrogens with one attached hydrogen (secondary N) is 1. The molecule has 1 heterocycles. The minimum atomic E-state index is 0.625. The number of rotatable bonds is 5. The van der Waals surface area contributed by atoms with E-state index in [1.807, 2.05) is 0 Å². The quantitative estimate of drug-likeness (QED) is 0.774. The Labute approximate surface area is 144 Å². The van der Waals surface area contributed by atoms with E-state index < -0.39 is 0 Å². The summed E-state index contributed by atoms with van der Waals surface area (Å²) in [5.74, 6) is 0.851. The molecule has 1 aromatic rings. The average molecular weight is 420 g/mol. The van der Waals surface area contributed by atoms with Gasteiger partial charge in [-0.3, -0.25) is 0 Å². The molecule has 1 N–H and O–H groups in total. The molecule has 0 radical (unpaired) electrons. The molecular formula is C16H24Br2N2O. The number of likely N-dealkylation sites (tertiary alicyclic amines) is 1. The summed E-state index contributed by atoms with van der Waals surface area (Å²) < 4.78 is 7.32. The van der Waals surface area contributed by atoms with E-state index in [-0.39, 0.29) is 0 Å². The highest BCUT2D eigenvalue weighted by Crippen LogP contribution is 2.34. The summed E-state index contributed by atoms with van der Waals surface area (Å²) in [4.78, 5) is 2.55. The number of methoxy groups -OCH3 is 1. The molecule has 21 heavy (non-hydrogen) atoms. The molecule has 1 aliphatic heterocycles. The Morgan fingerprint density at radius 1 is 1.24 bits per heavy atom. The summed E-state index contributed by atoms with van der Waals surface area (Å²) in [6, 6.07) is 5.54. The van der Waals surface area contributed by atoms with Crippen LogP contribution in [0.4, 0.5) is 0 Å². The molecule has 0 bridgehead atoms. The fourth-order valence-electron chi connectivity index (χ4n) is 2.79. The Morgan fingerprint density at radius 3 is 2.29 bits per heavy atom. The first-order valence-corrected chi connectivity index (χ1v) is 9.09. The van der Waals surface area contributed by atoms with Crippen LogP contribution in [-0.2, 0) is 6.54 Å². The van der Waals surface area contributed by atoms with E-state index in [4.69, 9.17) is 4.74 Å². The molecule has 1 aliphatic rings. The highest BCUT2D eigenvalue weighted by molar-refractivity contribution is 9.11. The minimum Gasteiger partial charge on any atom is -0.494 e. The first-order valence-electron chi connectivity index (χ1n) is 7.50. The van der Waals surface area contributed by atoms with Gasteiger partial charge in [-0.2, -0.15) is 0 Å². The van der Waals surface area contributed by atoms with Crippen molar-refractivity contribution in [1.29, 1.82) is 0 Å². The van der Waals surface area contributed by atoms with Gasteiger partial charge in [0.15, 0.2) is 0 Å². The van der Waals surface area contributed by atoms with Gasteiger partial charge < -0.3 is 15.0 Å². The Kier molecular flexibility index (Phi) is 6.53. The summed E-state index contributed by atoms with van der Waals surface area (Å²) in [5.41, 5.74) is 1.26. The topological polar surface area (TPSA) is 24.5 Å². The van der Waals surface area contributed by atoms with E-state index in [2.05, 4.69) is 68.1 Å². The lowest BCUT2D eigenvalue weighted by Crippen LogP contribution is -2.44. The zero-order valence-electron chi connectivity index (χ0n) is 13.0. The van der Waals surface area contributed by atoms with Gasteiger partial charge in [-0.1, -0.05) is 0 Å². The first-order chi connectivity index (χ1) is 10.0. The second-order valence-corrected chi connectivity index (χ2v) is 7.59. The van der Waals surface area contributed by atoms with E-state index in [1.54, 1.807) is 7.11 Å². The third kappa shape index (κ3) is 4.68. The number of hydrogen-bond donors (Lipinski definition) is 1. The van der Waals surface area contributed by atoms with Crippen LogP contribution < -0.4 is 10.1 Å². The zero-order valence-corrected chi connectivity index (χ0v) is 16.1. The van der Waals surface area contributed by atoms with Crippen LogP contribution in [0.25, 0.3) is 0 Å². The van der Waals surface area contributed by atoms with Crippen molar-refractivity contribution in [3.05, 3.63) is 26.6 Å². The average Bonchev–Trinajstić information content (AvgIpc) is 2.45. The van der Waals surface area contributed by atoms with Crippen LogP contribution in [0.2, 0.25) is 0 Å². The zero-order chi connectivity index (χ0) is 15.4. The normalized spacial score (nSPS) is 17.4. The van der Waals surface area contributed by atoms with Crippen LogP contribution in [-0.4, -0.2) is 37.2 Å². The summed E-state index contributed by atoms with van der Waals surface area (Å²) >= 11 is 7.12. The van der Waals surface area contributed by atoms with Gasteiger partial charge in [-0.15, -0.1) is 0 Å². The van der Waals surface area contributed by atoms with Gasteiger partial charge in [0.2, 0.25) is 0 Å². The third-order valence-corrected chi connectivity index (χ3v) is 5.29. The lowest BCUT2D eigenvalue weighted by Gasteiger charge is -2.35. The summed E-state index contributed by atoms with van der Waals surface area (Å²) in [7, 11) is 1.69. The molecule has 0 aromatic heterocycles. The smallest absolute Gasteiger partial charge is 0.147 e. The largest absolute Gasteiger partial charge is 0.494 e. The van der Waals surface area contributed by atoms with Crippen molar-refractivity contribution in [1.82, 2.24) is 10.2 Å². The number of piperidine rings is 1. The predicted molar refractivity (Wildman–Crippen MR) is 95.0 cm³/mol. The second kappa shape index (κ2) is 7.95. The van der Waals surface area contributed by atoms with Gasteiger partial charge in [-0.05, 0) is 89.3 Å². The maximum Gasteiger partial charge on any atom is 0.147 e. The lowest BCUT2D eigenvalue weighted by atomic mass is 10.0. The standard InChI is InChI=1S/C16H24Br2N2O/c1-11(2)20-6-4-13(5-7-20)19-10-12-8-14(17)16(21-3)15(18)9-12/h8-9,11,13,19H,4-7,10H2,1-3H3. The van der Waals surface area contributed by atoms with Crippen molar-refractivity contribution < 1.29 is 4.74 Å². The Hall–Kier alpha value is -0.100. The Bertz CT molecular complexity index is 448. The Morgan fingerprint density at radius 2 is 1.81 bits per heavy atom. The van der Waals surface area contributed by atoms with Crippen LogP contribution in [0.1, 0.15) is 32.3 Å². The van der Waals surface area contributed by atoms with Crippen molar-refractivity contribution in [3.63, 3.8) is 0 Å². The fourth-order valence-corrected chi connectivity index (χ4v) is 4.40. The SMILES string of the molecule is COc1c(Br)cc(CNC2CCN(C(C)C)CC2)cc1Br. The molecule has 5 heteroatoms. The molecule has 0 spiro atoms. The van der Waals surface area contributed by atoms with Gasteiger partial charge in [0.25, 0.3) is 0 Å². The van der Waals surface area contributed by atoms with E-state index in [0.717, 1.165) is 21.2 Å². The van der Waals surface area contributed by atoms with Gasteiger partial charge in [0, 0.05) is 18.6 Å². The highest BCUT2D eigenvalue weighted by Gasteiger charge is 2.20. The number of benzene rings is 1. The molecule has 0 amide bonds. The molecule has 1 aromatic carbocycles. The fraction of sp³-hybridized carbons (Fsp3) is 0.625. The predicted octanol–water partition coefficient (Wildman–Crippen LogP) is 4.18. The van der Waals surface area contributed by atoms with E-state index in [9.17, 15) is 0 Å². The molecule has 0 atom stereocenters. The highest BCUT2D eigenvalue weighted by atomic mass is 79.9. The van der Waals surface area contributed by atoms with E-state index >= 15 is 0 Å². The molecule has 2 rings (SSSR count). The van der Waals surface area contributed by atoms with Crippen molar-refractivity contribution >= 4 is 31.9 Å². The maximum absolute atomic E-state index is 5.34. The van der Waals surface area contributed by atoms with Gasteiger partial charge in [0.1, 0.15) is 5.75 Å². The number of halogens is 2. The maximum atomic E-state index is 5.34. The van der Waals surface area contributed by atoms with Crippen LogP contribution in [0.15, 0.2) is 21.1 Å². The monoisotopic (exact) mass is 418 g/mol. The van der Waals surface area contributed by atoms with E-state index in [1.165, 1.54) is 31.5 Å². The number of hydrogen-bond acceptors (Lipinski definition) is 3. The van der Waals surface area contributed by atoms with Crippen LogP contribution in [0, 0.1) is 0 Å². The van der Waals surface area contributed by atoms with Crippen molar-refractivity contribution in [2.45, 2.75) is 45.3 Å². The van der Waals surface area contributed by atoms with Crippen molar-refractivity contribution in [2.75, 3.05) is 20.2 Å². The molecule has 0 unspecified atom stereocenters. The van der Waals surface area contributed by atoms with Gasteiger partial charge in [-0.25, -0.2) is 0 Å². The molecule has 0 saturated carbocycles. The molecule has 1 saturated heterocycles. The van der Waals surface area contributed by atoms with Crippen LogP contribution >= 0.6 is 31.9 Å². The minimum absolute atomic E-state index is 0.625. The molecular weight excluding hydrogens is 396 g/mol. The lowest BCUT2D eigenvalue weighted by molar-refractivity contribution is 0.161. The molecule has 0 aliphatic carbocycles. The van der Waals surface area contributed by atoms with Crippen molar-refractivity contribution in [2.24, 2.45) is 0 Å². The van der Waals surface area contributed by atoms with Crippen molar-refractivity contribution in [3.8, 4) is 5.75 Å². The summed E-state index contributed by atoms with van der Waals surface area (Å²) in [6.07, 6.45) is 2.47. The summed E-state index contributed by atoms with van der Waals surface area (Å²) in [5, 5.41) is 3.68. The molecule has 1 fully saturated rings. The summed E-state index contributed by atoms with van der Waals surface area (Å²) in [6.45, 7) is 7.85. The van der Waals surface area contributed by atoms with Crippen LogP contribution in [0.5, 0.6) is 5.75 Å². The molecule has 118 valence electrons. The van der Waals surface area contributed by atoms with Gasteiger partial charge in [0.05, 0.1) is 16.1 Å². The van der Waals surface area contributed by atoms with E-state index in [0.29, 0.717) is 12.1 Å². The molecule has 3 nitrogen and oxygen atoms in total. The third-order valence-electron chi connectivity index (χ3n) is 4.12. The number of ether oxygens (including phenoxy) is 1. The second-order valence-electron chi connectivity index (χ2n) is 5.88. The van der Waals surface area contributed by atoms with Gasteiger partial charge >= 0.3 is 0 Å². The first kappa shape index (κ1) is 17.3.